The molecule has 0 fully saturated rings. The number of carbonyl (C=O) groups excluding carboxylic acids is 2. The first-order valence-electron chi connectivity index (χ1n) is 6.88. The quantitative estimate of drug-likeness (QED) is 0.818. The van der Waals surface area contributed by atoms with Gasteiger partial charge in [0.2, 0.25) is 0 Å². The van der Waals surface area contributed by atoms with Crippen LogP contribution < -0.4 is 10.1 Å². The molecule has 1 heterocycles. The molecule has 1 aromatic carbocycles. The fourth-order valence-electron chi connectivity index (χ4n) is 1.79. The number of esters is 1. The van der Waals surface area contributed by atoms with Gasteiger partial charge >= 0.3 is 5.97 Å². The fourth-order valence-corrected chi connectivity index (χ4v) is 1.92. The van der Waals surface area contributed by atoms with Crippen LogP contribution in [0.15, 0.2) is 30.5 Å². The Bertz CT molecular complexity index is 697. The normalized spacial score (nSPS) is 10.2. The number of anilines is 1. The Morgan fingerprint density at radius 3 is 2.65 bits per heavy atom. The summed E-state index contributed by atoms with van der Waals surface area (Å²) in [5.74, 6) is -0.197. The van der Waals surface area contributed by atoms with Crippen molar-refractivity contribution in [1.82, 2.24) is 9.78 Å². The summed E-state index contributed by atoms with van der Waals surface area (Å²) in [4.78, 5) is 23.8. The summed E-state index contributed by atoms with van der Waals surface area (Å²) in [6.45, 7) is 1.72. The molecule has 1 aromatic heterocycles. The van der Waals surface area contributed by atoms with E-state index >= 15 is 0 Å². The molecule has 8 heteroatoms. The fraction of sp³-hybridized carbons (Fsp3) is 0.267. The highest BCUT2D eigenvalue weighted by Crippen LogP contribution is 2.17. The third-order valence-electron chi connectivity index (χ3n) is 2.88. The lowest BCUT2D eigenvalue weighted by molar-refractivity contribution is -0.118. The number of hydrogen-bond acceptors (Lipinski definition) is 5. The number of aromatic nitrogens is 2. The first-order valence-corrected chi connectivity index (χ1v) is 7.26. The Balaban J connectivity index is 1.98. The maximum absolute atomic E-state index is 12.0. The number of halogens is 1. The molecule has 0 radical (unpaired) electrons. The first kappa shape index (κ1) is 16.8. The van der Waals surface area contributed by atoms with E-state index in [0.29, 0.717) is 10.8 Å². The number of amides is 1. The van der Waals surface area contributed by atoms with Gasteiger partial charge in [0, 0.05) is 12.1 Å². The molecule has 7 nitrogen and oxygen atoms in total. The number of nitrogens with one attached hydrogen (secondary N) is 1. The van der Waals surface area contributed by atoms with Crippen LogP contribution >= 0.6 is 11.6 Å². The minimum Gasteiger partial charge on any atom is -0.484 e. The number of nitrogens with zero attached hydrogens (tertiary/aromatic N) is 2. The average molecular weight is 338 g/mol. The summed E-state index contributed by atoms with van der Waals surface area (Å²) in [7, 11) is 1.61. The van der Waals surface area contributed by atoms with Crippen LogP contribution in [0.5, 0.6) is 5.75 Å². The van der Waals surface area contributed by atoms with Gasteiger partial charge in [-0.05, 0) is 31.2 Å². The molecule has 0 unspecified atom stereocenters. The van der Waals surface area contributed by atoms with Gasteiger partial charge < -0.3 is 14.8 Å². The summed E-state index contributed by atoms with van der Waals surface area (Å²) in [5.41, 5.74) is 0.189. The highest BCUT2D eigenvalue weighted by Gasteiger charge is 2.19. The molecule has 1 N–H and O–H groups in total. The van der Waals surface area contributed by atoms with E-state index in [1.54, 1.807) is 38.2 Å². The smallest absolute Gasteiger partial charge is 0.343 e. The summed E-state index contributed by atoms with van der Waals surface area (Å²) in [5, 5.41) is 7.12. The second kappa shape index (κ2) is 7.64. The topological polar surface area (TPSA) is 82.5 Å². The van der Waals surface area contributed by atoms with Crippen LogP contribution in [0.4, 0.5) is 5.82 Å². The van der Waals surface area contributed by atoms with Crippen LogP contribution in [0.3, 0.4) is 0 Å². The zero-order chi connectivity index (χ0) is 16.8. The molecule has 0 aliphatic carbocycles. The number of carbonyl (C=O) groups is 2. The van der Waals surface area contributed by atoms with Crippen LogP contribution in [0.25, 0.3) is 0 Å². The van der Waals surface area contributed by atoms with Gasteiger partial charge in [-0.25, -0.2) is 4.79 Å². The van der Waals surface area contributed by atoms with Gasteiger partial charge in [-0.3, -0.25) is 9.48 Å². The predicted octanol–water partition coefficient (Wildman–Crippen LogP) is 2.27. The Kier molecular flexibility index (Phi) is 5.59. The number of aryl methyl sites for hydroxylation is 1. The highest BCUT2D eigenvalue weighted by atomic mass is 35.5. The molecule has 1 amide bonds. The number of rotatable bonds is 6. The van der Waals surface area contributed by atoms with Crippen molar-refractivity contribution in [3.63, 3.8) is 0 Å². The van der Waals surface area contributed by atoms with Crippen molar-refractivity contribution in [2.45, 2.75) is 6.92 Å². The van der Waals surface area contributed by atoms with Crippen molar-refractivity contribution in [2.24, 2.45) is 7.05 Å². The van der Waals surface area contributed by atoms with E-state index in [0.717, 1.165) is 0 Å². The number of ether oxygens (including phenoxy) is 2. The Labute approximate surface area is 138 Å². The molecule has 23 heavy (non-hydrogen) atoms. The van der Waals surface area contributed by atoms with E-state index < -0.39 is 11.9 Å². The molecule has 122 valence electrons. The lowest BCUT2D eigenvalue weighted by atomic mass is 10.3. The summed E-state index contributed by atoms with van der Waals surface area (Å²) in [6.07, 6.45) is 1.34. The SMILES string of the molecule is CCOC(=O)c1cnn(C)c1NC(=O)COc1ccc(Cl)cc1. The maximum Gasteiger partial charge on any atom is 0.343 e. The van der Waals surface area contributed by atoms with Gasteiger partial charge in [-0.15, -0.1) is 0 Å². The average Bonchev–Trinajstić information content (AvgIpc) is 2.88. The van der Waals surface area contributed by atoms with Crippen molar-refractivity contribution in [2.75, 3.05) is 18.5 Å². The Hall–Kier alpha value is -2.54. The molecule has 0 spiro atoms. The van der Waals surface area contributed by atoms with Gasteiger partial charge in [0.1, 0.15) is 17.1 Å². The number of benzene rings is 1. The molecule has 0 atom stereocenters. The second-order valence-electron chi connectivity index (χ2n) is 4.54. The lowest BCUT2D eigenvalue weighted by Gasteiger charge is -2.09. The Morgan fingerprint density at radius 1 is 1.30 bits per heavy atom. The molecule has 2 rings (SSSR count). The van der Waals surface area contributed by atoms with Gasteiger partial charge in [-0.2, -0.15) is 5.10 Å². The van der Waals surface area contributed by atoms with E-state index in [2.05, 4.69) is 10.4 Å². The van der Waals surface area contributed by atoms with Crippen molar-refractivity contribution in [1.29, 1.82) is 0 Å². The van der Waals surface area contributed by atoms with Crippen LogP contribution in [-0.4, -0.2) is 34.9 Å². The van der Waals surface area contributed by atoms with Gasteiger partial charge in [0.25, 0.3) is 5.91 Å². The third kappa shape index (κ3) is 4.46. The predicted molar refractivity (Wildman–Crippen MR) is 84.7 cm³/mol. The van der Waals surface area contributed by atoms with Crippen molar-refractivity contribution >= 4 is 29.3 Å². The second-order valence-corrected chi connectivity index (χ2v) is 4.98. The van der Waals surface area contributed by atoms with Gasteiger partial charge in [0.05, 0.1) is 12.8 Å². The van der Waals surface area contributed by atoms with Crippen molar-refractivity contribution < 1.29 is 19.1 Å². The molecular weight excluding hydrogens is 322 g/mol. The summed E-state index contributed by atoms with van der Waals surface area (Å²) >= 11 is 5.77. The molecule has 0 aliphatic heterocycles. The lowest BCUT2D eigenvalue weighted by Crippen LogP contribution is -2.23. The van der Waals surface area contributed by atoms with Crippen LogP contribution in [0.2, 0.25) is 5.02 Å². The largest absolute Gasteiger partial charge is 0.484 e. The van der Waals surface area contributed by atoms with Crippen LogP contribution in [-0.2, 0) is 16.6 Å². The molecule has 0 saturated carbocycles. The standard InChI is InChI=1S/C15H16ClN3O4/c1-3-22-15(21)12-8-17-19(2)14(12)18-13(20)9-23-11-6-4-10(16)5-7-11/h4-8H,3,9H2,1-2H3,(H,18,20). The monoisotopic (exact) mass is 337 g/mol. The van der Waals surface area contributed by atoms with E-state index in [-0.39, 0.29) is 24.6 Å². The van der Waals surface area contributed by atoms with Crippen molar-refractivity contribution in [3.8, 4) is 5.75 Å². The molecule has 2 aromatic rings. The zero-order valence-corrected chi connectivity index (χ0v) is 13.5. The van der Waals surface area contributed by atoms with E-state index in [4.69, 9.17) is 21.1 Å². The Morgan fingerprint density at radius 2 is 2.00 bits per heavy atom. The van der Waals surface area contributed by atoms with Crippen molar-refractivity contribution in [3.05, 3.63) is 41.0 Å². The van der Waals surface area contributed by atoms with E-state index in [1.807, 2.05) is 0 Å². The van der Waals surface area contributed by atoms with E-state index in [1.165, 1.54) is 10.9 Å². The molecule has 0 aliphatic rings. The summed E-state index contributed by atoms with van der Waals surface area (Å²) in [6, 6.07) is 6.64. The number of hydrogen-bond donors (Lipinski definition) is 1. The minimum atomic E-state index is -0.547. The minimum absolute atomic E-state index is 0.189. The van der Waals surface area contributed by atoms with Crippen LogP contribution in [0.1, 0.15) is 17.3 Å². The molecule has 0 bridgehead atoms. The van der Waals surface area contributed by atoms with Gasteiger partial charge in [-0.1, -0.05) is 11.6 Å². The molecular formula is C15H16ClN3O4. The maximum atomic E-state index is 12.0. The molecule has 0 saturated heterocycles. The van der Waals surface area contributed by atoms with Gasteiger partial charge in [0.15, 0.2) is 6.61 Å². The summed E-state index contributed by atoms with van der Waals surface area (Å²) < 4.78 is 11.6. The highest BCUT2D eigenvalue weighted by molar-refractivity contribution is 6.30. The first-order chi connectivity index (χ1) is 11.0. The van der Waals surface area contributed by atoms with E-state index in [9.17, 15) is 9.59 Å². The van der Waals surface area contributed by atoms with Crippen LogP contribution in [0, 0.1) is 0 Å². The third-order valence-corrected chi connectivity index (χ3v) is 3.13. The zero-order valence-electron chi connectivity index (χ0n) is 12.7.